The topological polar surface area (TPSA) is 18.5 Å². The van der Waals surface area contributed by atoms with E-state index in [0.29, 0.717) is 12.2 Å². The average molecular weight is 477 g/mol. The molecule has 2 nitrogen and oxygen atoms in total. The highest BCUT2D eigenvalue weighted by atomic mass is 16.5. The van der Waals surface area contributed by atoms with Crippen LogP contribution in [0.25, 0.3) is 0 Å². The summed E-state index contributed by atoms with van der Waals surface area (Å²) in [5.74, 6) is 6.68. The minimum absolute atomic E-state index is 0.512. The first-order valence-electron chi connectivity index (χ1n) is 15.8. The number of unbranched alkanes of at least 4 members (excludes halogenated alkanes) is 2. The molecule has 200 valence electrons. The fraction of sp³-hybridized carbons (Fsp3) is 1.00. The van der Waals surface area contributed by atoms with Gasteiger partial charge in [-0.1, -0.05) is 78.1 Å². The molecule has 4 aliphatic rings. The van der Waals surface area contributed by atoms with Crippen molar-refractivity contribution in [3.05, 3.63) is 0 Å². The Bertz CT molecular complexity index is 465. The van der Waals surface area contributed by atoms with Gasteiger partial charge in [0, 0.05) is 14.2 Å². The summed E-state index contributed by atoms with van der Waals surface area (Å²) in [6.07, 6.45) is 29.9. The number of fused-ring (bicyclic) bond motifs is 2. The Morgan fingerprint density at radius 2 is 1.00 bits per heavy atom. The van der Waals surface area contributed by atoms with Crippen LogP contribution < -0.4 is 0 Å². The summed E-state index contributed by atoms with van der Waals surface area (Å²) < 4.78 is 10.9. The molecular weight excluding hydrogens is 416 g/mol. The van der Waals surface area contributed by atoms with Crippen LogP contribution in [0, 0.1) is 35.5 Å². The standard InChI is InChI=1S/2C16H30O/c2*1-3-15(17-2)9-5-4-7-13-11-12-14-8-6-10-16(13)14/h2*13-16H,3-12H2,1-2H3. The molecule has 0 amide bonds. The third kappa shape index (κ3) is 8.50. The Morgan fingerprint density at radius 3 is 1.38 bits per heavy atom. The quantitative estimate of drug-likeness (QED) is 0.232. The van der Waals surface area contributed by atoms with Gasteiger partial charge in [0.25, 0.3) is 0 Å². The maximum atomic E-state index is 5.44. The Kier molecular flexibility index (Phi) is 13.3. The molecule has 4 aliphatic carbocycles. The highest BCUT2D eigenvalue weighted by Gasteiger charge is 2.39. The molecule has 34 heavy (non-hydrogen) atoms. The molecule has 4 rings (SSSR count). The first-order valence-corrected chi connectivity index (χ1v) is 15.8. The summed E-state index contributed by atoms with van der Waals surface area (Å²) in [4.78, 5) is 0. The van der Waals surface area contributed by atoms with Crippen molar-refractivity contribution in [3.8, 4) is 0 Å². The Morgan fingerprint density at radius 1 is 0.559 bits per heavy atom. The van der Waals surface area contributed by atoms with E-state index in [1.807, 2.05) is 14.2 Å². The molecule has 0 N–H and O–H groups in total. The normalized spacial score (nSPS) is 33.9. The van der Waals surface area contributed by atoms with Gasteiger partial charge in [0.05, 0.1) is 12.2 Å². The van der Waals surface area contributed by atoms with Crippen LogP contribution in [0.3, 0.4) is 0 Å². The van der Waals surface area contributed by atoms with Gasteiger partial charge in [0.2, 0.25) is 0 Å². The number of ether oxygens (including phenoxy) is 2. The fourth-order valence-corrected chi connectivity index (χ4v) is 8.62. The van der Waals surface area contributed by atoms with E-state index in [2.05, 4.69) is 13.8 Å². The van der Waals surface area contributed by atoms with Gasteiger partial charge in [-0.25, -0.2) is 0 Å². The van der Waals surface area contributed by atoms with Crippen LogP contribution in [0.15, 0.2) is 0 Å². The van der Waals surface area contributed by atoms with E-state index in [4.69, 9.17) is 9.47 Å². The van der Waals surface area contributed by atoms with Crippen molar-refractivity contribution in [3.63, 3.8) is 0 Å². The van der Waals surface area contributed by atoms with Crippen molar-refractivity contribution >= 4 is 0 Å². The zero-order chi connectivity index (χ0) is 24.2. The first-order chi connectivity index (χ1) is 16.7. The Labute approximate surface area is 213 Å². The summed E-state index contributed by atoms with van der Waals surface area (Å²) in [5, 5.41) is 0. The lowest BCUT2D eigenvalue weighted by molar-refractivity contribution is 0.0891. The van der Waals surface area contributed by atoms with Gasteiger partial charge in [-0.05, 0) is 99.7 Å². The van der Waals surface area contributed by atoms with E-state index >= 15 is 0 Å². The Hall–Kier alpha value is -0.0800. The molecule has 0 aromatic heterocycles. The second kappa shape index (κ2) is 15.9. The van der Waals surface area contributed by atoms with E-state index in [-0.39, 0.29) is 0 Å². The summed E-state index contributed by atoms with van der Waals surface area (Å²) in [5.41, 5.74) is 0. The van der Waals surface area contributed by atoms with Gasteiger partial charge in [-0.3, -0.25) is 0 Å². The molecule has 8 atom stereocenters. The molecule has 0 radical (unpaired) electrons. The minimum Gasteiger partial charge on any atom is -0.381 e. The van der Waals surface area contributed by atoms with E-state index in [9.17, 15) is 0 Å². The minimum atomic E-state index is 0.512. The molecule has 0 heterocycles. The highest BCUT2D eigenvalue weighted by molar-refractivity contribution is 4.90. The molecular formula is C32H60O2. The number of hydrogen-bond acceptors (Lipinski definition) is 2. The van der Waals surface area contributed by atoms with Crippen LogP contribution in [-0.2, 0) is 9.47 Å². The van der Waals surface area contributed by atoms with Gasteiger partial charge >= 0.3 is 0 Å². The van der Waals surface area contributed by atoms with Crippen LogP contribution in [0.1, 0.15) is 142 Å². The van der Waals surface area contributed by atoms with Crippen molar-refractivity contribution < 1.29 is 9.47 Å². The Balaban J connectivity index is 0.000000191. The fourth-order valence-electron chi connectivity index (χ4n) is 8.62. The molecule has 0 aromatic rings. The summed E-state index contributed by atoms with van der Waals surface area (Å²) in [6, 6.07) is 0. The average Bonchev–Trinajstić information content (AvgIpc) is 3.64. The molecule has 2 heteroatoms. The SMILES string of the molecule is CCC(CCCCC1CCC2CCCC12)OC.CCC(CCCCC1CCC2CCCC12)OC. The van der Waals surface area contributed by atoms with Gasteiger partial charge in [-0.2, -0.15) is 0 Å². The van der Waals surface area contributed by atoms with E-state index < -0.39 is 0 Å². The van der Waals surface area contributed by atoms with Crippen molar-refractivity contribution in [2.75, 3.05) is 14.2 Å². The molecule has 0 aliphatic heterocycles. The predicted molar refractivity (Wildman–Crippen MR) is 146 cm³/mol. The smallest absolute Gasteiger partial charge is 0.0568 e. The van der Waals surface area contributed by atoms with Gasteiger partial charge in [0.15, 0.2) is 0 Å². The maximum Gasteiger partial charge on any atom is 0.0568 e. The van der Waals surface area contributed by atoms with Gasteiger partial charge in [-0.15, -0.1) is 0 Å². The van der Waals surface area contributed by atoms with Crippen molar-refractivity contribution in [2.45, 2.75) is 154 Å². The maximum absolute atomic E-state index is 5.44. The molecule has 0 saturated heterocycles. The highest BCUT2D eigenvalue weighted by Crippen LogP contribution is 2.50. The van der Waals surface area contributed by atoms with Gasteiger partial charge < -0.3 is 9.47 Å². The second-order valence-electron chi connectivity index (χ2n) is 12.5. The van der Waals surface area contributed by atoms with Crippen molar-refractivity contribution in [2.24, 2.45) is 35.5 Å². The van der Waals surface area contributed by atoms with Crippen LogP contribution in [-0.4, -0.2) is 26.4 Å². The summed E-state index contributed by atoms with van der Waals surface area (Å²) in [6.45, 7) is 4.46. The lowest BCUT2D eigenvalue weighted by Gasteiger charge is -2.19. The second-order valence-corrected chi connectivity index (χ2v) is 12.5. The summed E-state index contributed by atoms with van der Waals surface area (Å²) >= 11 is 0. The van der Waals surface area contributed by atoms with E-state index in [0.717, 1.165) is 35.5 Å². The van der Waals surface area contributed by atoms with Gasteiger partial charge in [0.1, 0.15) is 0 Å². The predicted octanol–water partition coefficient (Wildman–Crippen LogP) is 9.60. The van der Waals surface area contributed by atoms with E-state index in [1.165, 1.54) is 89.9 Å². The third-order valence-corrected chi connectivity index (χ3v) is 10.7. The molecule has 0 bridgehead atoms. The summed E-state index contributed by atoms with van der Waals surface area (Å²) in [7, 11) is 3.71. The molecule has 0 aromatic carbocycles. The lowest BCUT2D eigenvalue weighted by Crippen LogP contribution is -2.11. The monoisotopic (exact) mass is 476 g/mol. The molecule has 4 saturated carbocycles. The first kappa shape index (κ1) is 28.5. The molecule has 4 fully saturated rings. The van der Waals surface area contributed by atoms with Crippen LogP contribution in [0.4, 0.5) is 0 Å². The van der Waals surface area contributed by atoms with Crippen LogP contribution in [0.2, 0.25) is 0 Å². The molecule has 8 unspecified atom stereocenters. The van der Waals surface area contributed by atoms with Crippen LogP contribution in [0.5, 0.6) is 0 Å². The van der Waals surface area contributed by atoms with E-state index in [1.54, 1.807) is 38.5 Å². The number of rotatable bonds is 14. The van der Waals surface area contributed by atoms with Crippen molar-refractivity contribution in [1.29, 1.82) is 0 Å². The lowest BCUT2D eigenvalue weighted by atomic mass is 9.88. The molecule has 0 spiro atoms. The zero-order valence-electron chi connectivity index (χ0n) is 23.6. The van der Waals surface area contributed by atoms with Crippen molar-refractivity contribution in [1.82, 2.24) is 0 Å². The zero-order valence-corrected chi connectivity index (χ0v) is 23.6. The third-order valence-electron chi connectivity index (χ3n) is 10.7. The number of hydrogen-bond donors (Lipinski definition) is 0. The van der Waals surface area contributed by atoms with Crippen LogP contribution >= 0.6 is 0 Å². The number of methoxy groups -OCH3 is 2. The largest absolute Gasteiger partial charge is 0.381 e.